The smallest absolute Gasteiger partial charge is 0.457 e. The maximum Gasteiger partial charge on any atom is 0.737 e. The zero-order chi connectivity index (χ0) is 61.6. The number of carbonyl (C=O) groups is 3. The number of cyclic esters (lactones) is 1. The van der Waals surface area contributed by atoms with Gasteiger partial charge in [0, 0.05) is 81.5 Å². The van der Waals surface area contributed by atoms with Crippen LogP contribution in [0.3, 0.4) is 0 Å². The second-order valence-corrected chi connectivity index (χ2v) is 22.9. The minimum absolute atomic E-state index is 0.0386. The summed E-state index contributed by atoms with van der Waals surface area (Å²) >= 11 is 0. The van der Waals surface area contributed by atoms with Gasteiger partial charge in [-0.05, 0) is 143 Å². The molecule has 4 aliphatic heterocycles. The molecule has 1 fully saturated rings. The minimum atomic E-state index is -4.01. The lowest BCUT2D eigenvalue weighted by Gasteiger charge is -2.39. The standard InChI is InChI=1S/C63H101BF2N4O14/c1-15-55(80-49(12)77-17-3)47(10)61-56(81-61)38-42(5)22-21-23-43(6)60-44(7)26-29-57(63(14,84-50(13)78-18-4)31-30-53(41-59(72)83-60)79-48(11)76-16-2)82-62(73)68-33-35-75-37-36-74-34-32-67-58(71)25-20-19-24-51-27-28-52-40-54-45(8)39-46(9)69(54)64(65,66)70(51)52/h21-23,26-29,39-40,42,44,47-50,53,55-57,60-61H,15-20,24-25,30-38,41H2,1-14H3,(H,67,71)(H,68,73). The summed E-state index contributed by atoms with van der Waals surface area (Å²) in [6, 6.07) is 1.79. The van der Waals surface area contributed by atoms with Crippen molar-refractivity contribution < 1.29 is 79.6 Å². The third-order valence-electron chi connectivity index (χ3n) is 15.8. The lowest BCUT2D eigenvalue weighted by atomic mass is 9.88. The Hall–Kier alpha value is -4.58. The molecule has 18 nitrogen and oxygen atoms in total. The van der Waals surface area contributed by atoms with E-state index in [2.05, 4.69) is 37.5 Å². The summed E-state index contributed by atoms with van der Waals surface area (Å²) in [6.45, 7) is 25.8. The molecule has 1 aromatic heterocycles. The van der Waals surface area contributed by atoms with Crippen molar-refractivity contribution in [2.75, 3.05) is 59.3 Å². The van der Waals surface area contributed by atoms with Crippen LogP contribution in [-0.2, 0) is 61.7 Å². The van der Waals surface area contributed by atoms with Gasteiger partial charge in [0.1, 0.15) is 17.4 Å². The fourth-order valence-corrected chi connectivity index (χ4v) is 11.5. The molecule has 0 aromatic carbocycles. The van der Waals surface area contributed by atoms with E-state index >= 15 is 8.63 Å². The van der Waals surface area contributed by atoms with Crippen LogP contribution in [-0.4, -0.2) is 160 Å². The Morgan fingerprint density at radius 2 is 1.60 bits per heavy atom. The largest absolute Gasteiger partial charge is 0.737 e. The monoisotopic (exact) mass is 1190 g/mol. The van der Waals surface area contributed by atoms with E-state index in [1.807, 2.05) is 79.7 Å². The van der Waals surface area contributed by atoms with Crippen molar-refractivity contribution in [3.05, 3.63) is 76.8 Å². The summed E-state index contributed by atoms with van der Waals surface area (Å²) in [5, 5.41) is 5.65. The molecule has 13 atom stereocenters. The molecule has 1 saturated heterocycles. The van der Waals surface area contributed by atoms with E-state index in [9.17, 15) is 14.4 Å². The van der Waals surface area contributed by atoms with Gasteiger partial charge in [-0.15, -0.1) is 0 Å². The zero-order valence-corrected chi connectivity index (χ0v) is 52.8. The maximum atomic E-state index is 15.8. The number of allylic oxidation sites excluding steroid dienone is 5. The molecule has 13 unspecified atom stereocenters. The normalized spacial score (nSPS) is 25.6. The Morgan fingerprint density at radius 1 is 0.917 bits per heavy atom. The summed E-state index contributed by atoms with van der Waals surface area (Å²) < 4.78 is 100. The number of hydrogen-bond acceptors (Lipinski definition) is 14. The van der Waals surface area contributed by atoms with E-state index < -0.39 is 55.5 Å². The van der Waals surface area contributed by atoms with Gasteiger partial charge >= 0.3 is 19.0 Å². The number of esters is 1. The van der Waals surface area contributed by atoms with Gasteiger partial charge in [-0.2, -0.15) is 0 Å². The fourth-order valence-electron chi connectivity index (χ4n) is 11.5. The van der Waals surface area contributed by atoms with Crippen LogP contribution in [0.1, 0.15) is 158 Å². The molecule has 2 N–H and O–H groups in total. The third-order valence-corrected chi connectivity index (χ3v) is 15.8. The first-order valence-electron chi connectivity index (χ1n) is 30.9. The second-order valence-electron chi connectivity index (χ2n) is 22.9. The number of epoxide rings is 1. The molecule has 5 heterocycles. The quantitative estimate of drug-likeness (QED) is 0.0124. The molecule has 2 amide bonds. The summed E-state index contributed by atoms with van der Waals surface area (Å²) in [6.07, 6.45) is 15.1. The molecule has 0 spiro atoms. The van der Waals surface area contributed by atoms with Crippen molar-refractivity contribution in [3.8, 4) is 0 Å². The lowest BCUT2D eigenvalue weighted by molar-refractivity contribution is -0.362. The van der Waals surface area contributed by atoms with Crippen molar-refractivity contribution in [2.45, 2.75) is 216 Å². The molecule has 0 aliphatic carbocycles. The molecule has 0 radical (unpaired) electrons. The summed E-state index contributed by atoms with van der Waals surface area (Å²) in [7, 11) is 0. The van der Waals surface area contributed by atoms with Crippen LogP contribution >= 0.6 is 0 Å². The average molecular weight is 1190 g/mol. The van der Waals surface area contributed by atoms with E-state index in [0.29, 0.717) is 81.3 Å². The number of rotatable bonds is 35. The van der Waals surface area contributed by atoms with Crippen LogP contribution < -0.4 is 10.6 Å². The first-order chi connectivity index (χ1) is 40.0. The molecule has 21 heteroatoms. The van der Waals surface area contributed by atoms with Gasteiger partial charge in [0.15, 0.2) is 30.7 Å². The molecule has 0 bridgehead atoms. The van der Waals surface area contributed by atoms with E-state index in [0.717, 1.165) is 32.9 Å². The van der Waals surface area contributed by atoms with Gasteiger partial charge in [-0.1, -0.05) is 52.0 Å². The number of nitrogens with one attached hydrogen (secondary N) is 2. The van der Waals surface area contributed by atoms with Crippen molar-refractivity contribution >= 4 is 36.7 Å². The summed E-state index contributed by atoms with van der Waals surface area (Å²) in [4.78, 5) is 40.1. The number of aromatic nitrogens is 1. The highest BCUT2D eigenvalue weighted by Gasteiger charge is 2.52. The maximum absolute atomic E-state index is 15.8. The van der Waals surface area contributed by atoms with Crippen LogP contribution in [0.4, 0.5) is 13.4 Å². The molecular formula is C63H101BF2N4O14. The van der Waals surface area contributed by atoms with Gasteiger partial charge in [0.05, 0.1) is 57.3 Å². The van der Waals surface area contributed by atoms with E-state index in [1.54, 1.807) is 45.1 Å². The number of carbonyl (C=O) groups excluding carboxylic acids is 3. The molecule has 474 valence electrons. The number of unbranched alkanes of at least 4 members (excludes halogenated alkanes) is 1. The number of aryl methyl sites for hydroxylation is 2. The molecule has 4 aliphatic rings. The van der Waals surface area contributed by atoms with Gasteiger partial charge < -0.3 is 80.3 Å². The fraction of sp³-hybridized carbons (Fsp3) is 0.714. The molecular weight excluding hydrogens is 1090 g/mol. The van der Waals surface area contributed by atoms with Crippen molar-refractivity contribution in [1.82, 2.24) is 15.1 Å². The SMILES string of the molecule is CCOC(C)OC1CCC(C)(OC(C)OCC)C(OC(=O)NCCOCCOCCNC(=O)CCCCC2=[N+]3C(=Cc4c(C)cc(C)n4[B-]3(F)F)C=C2)C=CC(C)C(C(C)=CC=CC(C)CC2OC2C(C)C(CC)OC(C)OCC)OC(=O)C1. The van der Waals surface area contributed by atoms with E-state index in [4.69, 9.17) is 52.1 Å². The first kappa shape index (κ1) is 70.2. The van der Waals surface area contributed by atoms with Crippen LogP contribution in [0.25, 0.3) is 6.08 Å². The average Bonchev–Trinajstić information content (AvgIpc) is 2.47. The van der Waals surface area contributed by atoms with Gasteiger partial charge in [-0.25, -0.2) is 4.79 Å². The van der Waals surface area contributed by atoms with Crippen molar-refractivity contribution in [1.29, 1.82) is 0 Å². The first-order valence-corrected chi connectivity index (χ1v) is 30.9. The van der Waals surface area contributed by atoms with Crippen LogP contribution in [0.2, 0.25) is 0 Å². The predicted molar refractivity (Wildman–Crippen MR) is 320 cm³/mol. The number of hydrogen-bond donors (Lipinski definition) is 2. The number of halogens is 2. The van der Waals surface area contributed by atoms with Crippen LogP contribution in [0, 0.1) is 31.6 Å². The highest BCUT2D eigenvalue weighted by molar-refractivity contribution is 6.58. The predicted octanol–water partition coefficient (Wildman–Crippen LogP) is 10.8. The minimum Gasteiger partial charge on any atom is -0.457 e. The van der Waals surface area contributed by atoms with Crippen molar-refractivity contribution in [2.24, 2.45) is 17.8 Å². The Bertz CT molecular complexity index is 2450. The number of nitrogens with zero attached hydrogens (tertiary/aromatic N) is 2. The Labute approximate surface area is 499 Å². The zero-order valence-electron chi connectivity index (χ0n) is 52.8. The highest BCUT2D eigenvalue weighted by atomic mass is 19.2. The summed E-state index contributed by atoms with van der Waals surface area (Å²) in [5.41, 5.74) is 2.62. The second kappa shape index (κ2) is 34.7. The molecule has 1 aromatic rings. The highest BCUT2D eigenvalue weighted by Crippen LogP contribution is 2.39. The number of amides is 2. The van der Waals surface area contributed by atoms with Crippen molar-refractivity contribution in [3.63, 3.8) is 0 Å². The van der Waals surface area contributed by atoms with Crippen LogP contribution in [0.15, 0.2) is 59.9 Å². The van der Waals surface area contributed by atoms with Crippen LogP contribution in [0.5, 0.6) is 0 Å². The molecule has 5 rings (SSSR count). The third kappa shape index (κ3) is 21.4. The topological polar surface area (TPSA) is 188 Å². The number of fused-ring (bicyclic) bond motifs is 2. The summed E-state index contributed by atoms with van der Waals surface area (Å²) in [5.74, 6) is -0.476. The van der Waals surface area contributed by atoms with Gasteiger partial charge in [0.25, 0.3) is 0 Å². The Morgan fingerprint density at radius 3 is 2.29 bits per heavy atom. The van der Waals surface area contributed by atoms with Gasteiger partial charge in [-0.3, -0.25) is 9.59 Å². The number of ether oxygens (including phenoxy) is 11. The molecule has 0 saturated carbocycles. The Kier molecular flexibility index (Phi) is 29.0. The number of alkyl carbamates (subject to hydrolysis) is 1. The molecule has 84 heavy (non-hydrogen) atoms. The van der Waals surface area contributed by atoms with E-state index in [-0.39, 0.29) is 94.1 Å². The lowest BCUT2D eigenvalue weighted by Crippen LogP contribution is -2.50. The van der Waals surface area contributed by atoms with Gasteiger partial charge in [0.2, 0.25) is 5.91 Å². The van der Waals surface area contributed by atoms with E-state index in [1.165, 1.54) is 0 Å². The Balaban J connectivity index is 1.11.